The summed E-state index contributed by atoms with van der Waals surface area (Å²) in [4.78, 5) is 47.8. The van der Waals surface area contributed by atoms with E-state index in [1.54, 1.807) is 24.5 Å². The van der Waals surface area contributed by atoms with E-state index in [1.807, 2.05) is 36.4 Å². The van der Waals surface area contributed by atoms with Crippen LogP contribution in [0.2, 0.25) is 10.0 Å². The normalized spacial score (nSPS) is 11.4. The summed E-state index contributed by atoms with van der Waals surface area (Å²) in [5.74, 6) is -2.03. The molecule has 4 aromatic heterocycles. The lowest BCUT2D eigenvalue weighted by molar-refractivity contribution is -0.138. The van der Waals surface area contributed by atoms with Crippen LogP contribution in [0.1, 0.15) is 12.8 Å². The van der Waals surface area contributed by atoms with Gasteiger partial charge >= 0.3 is 11.9 Å². The van der Waals surface area contributed by atoms with E-state index in [1.165, 1.54) is 30.8 Å². The molecule has 14 heteroatoms. The van der Waals surface area contributed by atoms with E-state index in [9.17, 15) is 19.2 Å². The van der Waals surface area contributed by atoms with Gasteiger partial charge in [0.05, 0.1) is 22.9 Å². The van der Waals surface area contributed by atoms with Crippen LogP contribution in [-0.2, 0) is 22.7 Å². The number of hydrogen-bond donors (Lipinski definition) is 2. The highest BCUT2D eigenvalue weighted by Crippen LogP contribution is 2.42. The summed E-state index contributed by atoms with van der Waals surface area (Å²) in [6, 6.07) is 14.2. The zero-order chi connectivity index (χ0) is 31.1. The third-order valence-electron chi connectivity index (χ3n) is 7.23. The van der Waals surface area contributed by atoms with Crippen LogP contribution in [0.5, 0.6) is 0 Å². The van der Waals surface area contributed by atoms with E-state index < -0.39 is 11.9 Å². The lowest BCUT2D eigenvalue weighted by atomic mass is 9.97. The highest BCUT2D eigenvalue weighted by Gasteiger charge is 2.18. The molecule has 0 saturated carbocycles. The molecule has 0 aliphatic heterocycles. The van der Waals surface area contributed by atoms with E-state index in [0.717, 1.165) is 0 Å². The van der Waals surface area contributed by atoms with Gasteiger partial charge in [0.25, 0.3) is 11.1 Å². The largest absolute Gasteiger partial charge is 0.481 e. The van der Waals surface area contributed by atoms with Crippen LogP contribution in [0.15, 0.2) is 83.2 Å². The number of benzene rings is 2. The number of nitrogens with zero attached hydrogens (tertiary/aromatic N) is 6. The lowest BCUT2D eigenvalue weighted by Gasteiger charge is -2.13. The monoisotopic (exact) mass is 632 g/mol. The zero-order valence-corrected chi connectivity index (χ0v) is 24.2. The van der Waals surface area contributed by atoms with Gasteiger partial charge in [-0.05, 0) is 12.1 Å². The molecule has 12 nitrogen and oxygen atoms in total. The number of hydrogen-bond acceptors (Lipinski definition) is 6. The first-order valence-corrected chi connectivity index (χ1v) is 14.1. The fourth-order valence-corrected chi connectivity index (χ4v) is 5.69. The minimum atomic E-state index is -1.02. The average Bonchev–Trinajstić information content (AvgIpc) is 3.62. The molecule has 0 unspecified atom stereocenters. The van der Waals surface area contributed by atoms with E-state index in [2.05, 4.69) is 10.2 Å². The molecule has 44 heavy (non-hydrogen) atoms. The molecular weight excluding hydrogens is 611 g/mol. The number of carbonyl (C=O) groups is 2. The SMILES string of the molecule is O=C(O)CCn1cnn2cc(-c3cccc(-c4cccc(-c5cc6c(=O)n(CCC(=O)O)cnn6c5)c4Cl)c3Cl)cc2c1=O. The maximum atomic E-state index is 12.9. The second-order valence-corrected chi connectivity index (χ2v) is 10.8. The molecule has 0 atom stereocenters. The summed E-state index contributed by atoms with van der Waals surface area (Å²) in [7, 11) is 0. The summed E-state index contributed by atoms with van der Waals surface area (Å²) in [5.41, 5.74) is 3.59. The summed E-state index contributed by atoms with van der Waals surface area (Å²) in [5, 5.41) is 27.2. The molecular formula is C30H22Cl2N6O6. The Labute approximate surface area is 257 Å². The minimum Gasteiger partial charge on any atom is -0.481 e. The maximum absolute atomic E-state index is 12.9. The summed E-state index contributed by atoms with van der Waals surface area (Å²) >= 11 is 13.9. The molecule has 0 amide bonds. The van der Waals surface area contributed by atoms with Gasteiger partial charge in [0, 0.05) is 58.9 Å². The molecule has 4 heterocycles. The van der Waals surface area contributed by atoms with Crippen LogP contribution in [0.25, 0.3) is 44.4 Å². The van der Waals surface area contributed by atoms with Crippen molar-refractivity contribution < 1.29 is 19.8 Å². The van der Waals surface area contributed by atoms with Crippen LogP contribution in [0.3, 0.4) is 0 Å². The van der Waals surface area contributed by atoms with Gasteiger partial charge in [-0.2, -0.15) is 10.2 Å². The van der Waals surface area contributed by atoms with Gasteiger partial charge in [0.1, 0.15) is 23.7 Å². The Bertz CT molecular complexity index is 2070. The third-order valence-corrected chi connectivity index (χ3v) is 8.05. The predicted molar refractivity (Wildman–Crippen MR) is 163 cm³/mol. The molecule has 0 spiro atoms. The Morgan fingerprint density at radius 2 is 1.05 bits per heavy atom. The van der Waals surface area contributed by atoms with Gasteiger partial charge in [0.15, 0.2) is 0 Å². The molecule has 6 rings (SSSR count). The molecule has 2 aromatic carbocycles. The van der Waals surface area contributed by atoms with E-state index in [0.29, 0.717) is 43.4 Å². The van der Waals surface area contributed by atoms with Crippen LogP contribution >= 0.6 is 23.2 Å². The first kappa shape index (κ1) is 28.9. The van der Waals surface area contributed by atoms with Crippen molar-refractivity contribution in [2.24, 2.45) is 0 Å². The number of carboxylic acids is 2. The van der Waals surface area contributed by atoms with Gasteiger partial charge < -0.3 is 10.2 Å². The van der Waals surface area contributed by atoms with Crippen LogP contribution in [-0.4, -0.2) is 50.5 Å². The number of aryl methyl sites for hydroxylation is 2. The molecule has 0 fully saturated rings. The van der Waals surface area contributed by atoms with Crippen LogP contribution in [0.4, 0.5) is 0 Å². The summed E-state index contributed by atoms with van der Waals surface area (Å²) in [6.45, 7) is -0.00471. The smallest absolute Gasteiger partial charge is 0.305 e. The lowest BCUT2D eigenvalue weighted by Crippen LogP contribution is -2.23. The van der Waals surface area contributed by atoms with E-state index >= 15 is 0 Å². The van der Waals surface area contributed by atoms with Crippen molar-refractivity contribution in [3.8, 4) is 33.4 Å². The third kappa shape index (κ3) is 5.25. The second-order valence-electron chi connectivity index (χ2n) is 10.00. The number of fused-ring (bicyclic) bond motifs is 2. The van der Waals surface area contributed by atoms with Gasteiger partial charge in [0.2, 0.25) is 0 Å². The Balaban J connectivity index is 1.38. The number of aliphatic carboxylic acids is 2. The van der Waals surface area contributed by atoms with Crippen molar-refractivity contribution >= 4 is 46.2 Å². The number of halogens is 2. The standard InChI is InChI=1S/C30H22Cl2N6O6/c31-27-19(17-11-23-29(43)35(9-7-25(39)40)15-33-37(23)13-17)3-1-5-21(27)22-6-2-4-20(28(22)32)18-12-24-30(44)36(10-8-26(41)42)16-34-38(24)14-18/h1-6,11-16H,7-10H2,(H,39,40)(H,41,42). The van der Waals surface area contributed by atoms with Crippen molar-refractivity contribution in [1.82, 2.24) is 28.4 Å². The van der Waals surface area contributed by atoms with Gasteiger partial charge in [-0.25, -0.2) is 9.03 Å². The Kier molecular flexibility index (Phi) is 7.53. The highest BCUT2D eigenvalue weighted by atomic mass is 35.5. The number of aromatic nitrogens is 6. The van der Waals surface area contributed by atoms with E-state index in [-0.39, 0.29) is 48.1 Å². The van der Waals surface area contributed by atoms with Crippen LogP contribution < -0.4 is 11.1 Å². The Morgan fingerprint density at radius 3 is 1.43 bits per heavy atom. The summed E-state index contributed by atoms with van der Waals surface area (Å²) < 4.78 is 5.35. The molecule has 0 bridgehead atoms. The fourth-order valence-electron chi connectivity index (χ4n) is 5.02. The van der Waals surface area contributed by atoms with Crippen molar-refractivity contribution in [3.63, 3.8) is 0 Å². The average molecular weight is 633 g/mol. The Morgan fingerprint density at radius 1 is 0.659 bits per heavy atom. The summed E-state index contributed by atoms with van der Waals surface area (Å²) in [6.07, 6.45) is 5.53. The molecule has 0 saturated heterocycles. The molecule has 6 aromatic rings. The molecule has 0 aliphatic rings. The number of rotatable bonds is 9. The van der Waals surface area contributed by atoms with E-state index in [4.69, 9.17) is 33.4 Å². The van der Waals surface area contributed by atoms with Crippen molar-refractivity contribution in [1.29, 1.82) is 0 Å². The van der Waals surface area contributed by atoms with Crippen molar-refractivity contribution in [2.45, 2.75) is 25.9 Å². The molecule has 2 N–H and O–H groups in total. The van der Waals surface area contributed by atoms with Crippen LogP contribution in [0, 0.1) is 0 Å². The molecule has 222 valence electrons. The Hall–Kier alpha value is -5.20. The topological polar surface area (TPSA) is 153 Å². The van der Waals surface area contributed by atoms with Gasteiger partial charge in [-0.3, -0.25) is 28.3 Å². The second kappa shape index (κ2) is 11.5. The van der Waals surface area contributed by atoms with Crippen molar-refractivity contribution in [3.05, 3.63) is 104 Å². The highest BCUT2D eigenvalue weighted by molar-refractivity contribution is 6.39. The van der Waals surface area contributed by atoms with Gasteiger partial charge in [-0.15, -0.1) is 0 Å². The number of carboxylic acid groups (broad SMARTS) is 2. The maximum Gasteiger partial charge on any atom is 0.305 e. The molecule has 0 radical (unpaired) electrons. The predicted octanol–water partition coefficient (Wildman–Crippen LogP) is 4.56. The minimum absolute atomic E-state index is 0.00235. The quantitative estimate of drug-likeness (QED) is 0.235. The first-order valence-electron chi connectivity index (χ1n) is 13.3. The van der Waals surface area contributed by atoms with Crippen molar-refractivity contribution in [2.75, 3.05) is 0 Å². The fraction of sp³-hybridized carbons (Fsp3) is 0.133. The van der Waals surface area contributed by atoms with Gasteiger partial charge in [-0.1, -0.05) is 59.6 Å². The first-order chi connectivity index (χ1) is 21.1. The zero-order valence-electron chi connectivity index (χ0n) is 22.7. The molecule has 0 aliphatic carbocycles.